The van der Waals surface area contributed by atoms with Gasteiger partial charge in [0.1, 0.15) is 34.3 Å². The quantitative estimate of drug-likeness (QED) is 0.185. The molecule has 0 saturated heterocycles. The maximum Gasteiger partial charge on any atom is 0.260 e. The highest BCUT2D eigenvalue weighted by molar-refractivity contribution is 6.98. The van der Waals surface area contributed by atoms with Crippen molar-refractivity contribution in [2.75, 3.05) is 7.11 Å². The van der Waals surface area contributed by atoms with E-state index in [1.165, 1.54) is 5.56 Å². The summed E-state index contributed by atoms with van der Waals surface area (Å²) in [6.07, 6.45) is 0. The SMILES string of the molecule is COc1cccc(-c2nc3cc4c5c(c3n2-c2ccc(C(C)(C)C)cc2-c2ccccc2)Oc2ccccc2B5c2ccccc2O4)c1. The molecule has 0 radical (unpaired) electrons. The van der Waals surface area contributed by atoms with Gasteiger partial charge in [0.2, 0.25) is 0 Å². The Morgan fingerprint density at radius 3 is 2.08 bits per heavy atom. The second-order valence-electron chi connectivity index (χ2n) is 13.5. The molecule has 3 heterocycles. The third kappa shape index (κ3) is 4.36. The van der Waals surface area contributed by atoms with Crippen LogP contribution in [0.5, 0.6) is 28.7 Å². The molecule has 0 bridgehead atoms. The molecule has 1 aromatic heterocycles. The van der Waals surface area contributed by atoms with Crippen molar-refractivity contribution in [3.8, 4) is 56.9 Å². The number of aromatic nitrogens is 2. The number of hydrogen-bond donors (Lipinski definition) is 0. The number of nitrogens with zero attached hydrogens (tertiary/aromatic N) is 2. The van der Waals surface area contributed by atoms with Gasteiger partial charge in [-0.3, -0.25) is 4.57 Å². The van der Waals surface area contributed by atoms with Gasteiger partial charge in [-0.05, 0) is 63.9 Å². The first-order chi connectivity index (χ1) is 23.4. The molecule has 232 valence electrons. The van der Waals surface area contributed by atoms with Crippen LogP contribution in [0.4, 0.5) is 0 Å². The number of benzene rings is 6. The summed E-state index contributed by atoms with van der Waals surface area (Å²) in [4.78, 5) is 5.37. The highest BCUT2D eigenvalue weighted by atomic mass is 16.5. The molecular weight excluding hydrogens is 591 g/mol. The lowest BCUT2D eigenvalue weighted by Crippen LogP contribution is -2.57. The minimum Gasteiger partial charge on any atom is -0.497 e. The summed E-state index contributed by atoms with van der Waals surface area (Å²) in [5, 5.41) is 0. The average molecular weight is 625 g/mol. The van der Waals surface area contributed by atoms with Gasteiger partial charge in [-0.15, -0.1) is 0 Å². The van der Waals surface area contributed by atoms with Gasteiger partial charge in [0.25, 0.3) is 6.71 Å². The number of hydrogen-bond acceptors (Lipinski definition) is 4. The van der Waals surface area contributed by atoms with Gasteiger partial charge in [0.05, 0.1) is 18.3 Å². The second kappa shape index (κ2) is 10.6. The monoisotopic (exact) mass is 624 g/mol. The Hall–Kier alpha value is -5.75. The number of para-hydroxylation sites is 2. The number of fused-ring (bicyclic) bond motifs is 6. The van der Waals surface area contributed by atoms with Crippen molar-refractivity contribution in [1.29, 1.82) is 0 Å². The van der Waals surface area contributed by atoms with Gasteiger partial charge in [-0.25, -0.2) is 4.98 Å². The van der Waals surface area contributed by atoms with Crippen molar-refractivity contribution in [3.63, 3.8) is 0 Å². The van der Waals surface area contributed by atoms with E-state index < -0.39 is 0 Å². The summed E-state index contributed by atoms with van der Waals surface area (Å²) in [7, 11) is 1.69. The number of imidazole rings is 1. The molecule has 5 nitrogen and oxygen atoms in total. The molecule has 0 spiro atoms. The fourth-order valence-corrected chi connectivity index (χ4v) is 7.23. The molecule has 6 aromatic carbocycles. The van der Waals surface area contributed by atoms with Crippen molar-refractivity contribution in [1.82, 2.24) is 9.55 Å². The third-order valence-electron chi connectivity index (χ3n) is 9.59. The van der Waals surface area contributed by atoms with Crippen LogP contribution in [0.2, 0.25) is 0 Å². The Morgan fingerprint density at radius 2 is 1.35 bits per heavy atom. The van der Waals surface area contributed by atoms with Crippen LogP contribution in [-0.4, -0.2) is 23.4 Å². The molecule has 6 heteroatoms. The number of methoxy groups -OCH3 is 1. The van der Waals surface area contributed by atoms with E-state index in [-0.39, 0.29) is 12.1 Å². The van der Waals surface area contributed by atoms with Crippen molar-refractivity contribution in [2.24, 2.45) is 0 Å². The lowest BCUT2D eigenvalue weighted by molar-refractivity contribution is 0.415. The molecule has 48 heavy (non-hydrogen) atoms. The summed E-state index contributed by atoms with van der Waals surface area (Å²) >= 11 is 0. The molecule has 7 aromatic rings. The minimum atomic E-state index is -0.0465. The highest BCUT2D eigenvalue weighted by Crippen LogP contribution is 2.44. The maximum atomic E-state index is 6.97. The number of ether oxygens (including phenoxy) is 3. The average Bonchev–Trinajstić information content (AvgIpc) is 3.50. The summed E-state index contributed by atoms with van der Waals surface area (Å²) < 4.78 is 21.6. The van der Waals surface area contributed by atoms with Crippen molar-refractivity contribution in [3.05, 3.63) is 133 Å². The van der Waals surface area contributed by atoms with E-state index in [4.69, 9.17) is 19.2 Å². The molecule has 0 unspecified atom stereocenters. The second-order valence-corrected chi connectivity index (χ2v) is 13.5. The van der Waals surface area contributed by atoms with Crippen LogP contribution in [0.15, 0.2) is 127 Å². The molecule has 0 aliphatic carbocycles. The van der Waals surface area contributed by atoms with Gasteiger partial charge >= 0.3 is 0 Å². The molecule has 0 fully saturated rings. The van der Waals surface area contributed by atoms with E-state index in [0.29, 0.717) is 0 Å². The lowest BCUT2D eigenvalue weighted by Gasteiger charge is -2.33. The molecule has 0 saturated carbocycles. The smallest absolute Gasteiger partial charge is 0.260 e. The molecule has 9 rings (SSSR count). The van der Waals surface area contributed by atoms with Gasteiger partial charge in [0, 0.05) is 22.7 Å². The molecule has 0 atom stereocenters. The number of rotatable bonds is 4. The van der Waals surface area contributed by atoms with Crippen LogP contribution < -0.4 is 30.6 Å². The molecule has 2 aliphatic rings. The topological polar surface area (TPSA) is 45.5 Å². The predicted octanol–water partition coefficient (Wildman–Crippen LogP) is 8.39. The normalized spacial score (nSPS) is 12.9. The first-order valence-corrected chi connectivity index (χ1v) is 16.4. The highest BCUT2D eigenvalue weighted by Gasteiger charge is 2.42. The summed E-state index contributed by atoms with van der Waals surface area (Å²) in [6.45, 7) is 6.72. The van der Waals surface area contributed by atoms with Crippen molar-refractivity contribution in [2.45, 2.75) is 26.2 Å². The zero-order valence-corrected chi connectivity index (χ0v) is 27.3. The van der Waals surface area contributed by atoms with Crippen LogP contribution >= 0.6 is 0 Å². The van der Waals surface area contributed by atoms with Crippen LogP contribution in [0.25, 0.3) is 39.2 Å². The summed E-state index contributed by atoms with van der Waals surface area (Å²) in [6, 6.07) is 44.2. The Morgan fingerprint density at radius 1 is 0.667 bits per heavy atom. The molecular formula is C42H33BN2O3. The predicted molar refractivity (Wildman–Crippen MR) is 195 cm³/mol. The Balaban J connectivity index is 1.42. The summed E-state index contributed by atoms with van der Waals surface area (Å²) in [5.41, 5.74) is 10.4. The standard InChI is InChI=1S/C42H33BN2O3/c1-42(2,3)28-21-22-34(30(24-28)26-13-6-5-7-14-26)45-39-33(44-41(45)27-15-12-16-29(23-27)46-4)25-37-38-40(39)48-36-20-11-9-18-32(36)43(38)31-17-8-10-19-35(31)47-37/h5-25H,1-4H3. The molecule has 0 N–H and O–H groups in total. The van der Waals surface area contributed by atoms with Crippen LogP contribution in [-0.2, 0) is 5.41 Å². The first-order valence-electron chi connectivity index (χ1n) is 16.4. The first kappa shape index (κ1) is 28.5. The van der Waals surface area contributed by atoms with Crippen molar-refractivity contribution >= 4 is 34.1 Å². The largest absolute Gasteiger partial charge is 0.497 e. The maximum absolute atomic E-state index is 6.97. The molecule has 2 aliphatic heterocycles. The zero-order chi connectivity index (χ0) is 32.6. The zero-order valence-electron chi connectivity index (χ0n) is 27.3. The fourth-order valence-electron chi connectivity index (χ4n) is 7.23. The Bertz CT molecular complexity index is 2380. The molecule has 0 amide bonds. The lowest BCUT2D eigenvalue weighted by atomic mass is 9.35. The van der Waals surface area contributed by atoms with Gasteiger partial charge in [0.15, 0.2) is 5.75 Å². The van der Waals surface area contributed by atoms with E-state index in [1.807, 2.05) is 36.4 Å². The summed E-state index contributed by atoms with van der Waals surface area (Å²) in [5.74, 6) is 4.78. The fraction of sp³-hybridized carbons (Fsp3) is 0.119. The van der Waals surface area contributed by atoms with Crippen molar-refractivity contribution < 1.29 is 14.2 Å². The van der Waals surface area contributed by atoms with E-state index in [0.717, 1.165) is 84.4 Å². The Kier molecular flexibility index (Phi) is 6.31. The minimum absolute atomic E-state index is 0.0372. The van der Waals surface area contributed by atoms with Gasteiger partial charge in [-0.2, -0.15) is 0 Å². The van der Waals surface area contributed by atoms with Gasteiger partial charge < -0.3 is 14.2 Å². The van der Waals surface area contributed by atoms with E-state index in [2.05, 4.69) is 116 Å². The van der Waals surface area contributed by atoms with Gasteiger partial charge in [-0.1, -0.05) is 106 Å². The van der Waals surface area contributed by atoms with E-state index in [9.17, 15) is 0 Å². The van der Waals surface area contributed by atoms with Crippen LogP contribution in [0.3, 0.4) is 0 Å². The van der Waals surface area contributed by atoms with Crippen LogP contribution in [0, 0.1) is 0 Å². The van der Waals surface area contributed by atoms with E-state index in [1.54, 1.807) is 7.11 Å². The Labute approximate surface area is 280 Å². The third-order valence-corrected chi connectivity index (χ3v) is 9.59. The van der Waals surface area contributed by atoms with E-state index >= 15 is 0 Å². The van der Waals surface area contributed by atoms with Crippen LogP contribution in [0.1, 0.15) is 26.3 Å².